The summed E-state index contributed by atoms with van der Waals surface area (Å²) in [5.41, 5.74) is 10.7. The third-order valence-electron chi connectivity index (χ3n) is 8.95. The van der Waals surface area contributed by atoms with Crippen molar-refractivity contribution in [2.75, 3.05) is 0 Å². The van der Waals surface area contributed by atoms with E-state index in [2.05, 4.69) is 90.8 Å². The van der Waals surface area contributed by atoms with Gasteiger partial charge in [0, 0.05) is 53.5 Å². The summed E-state index contributed by atoms with van der Waals surface area (Å²) in [4.78, 5) is 13.8. The summed E-state index contributed by atoms with van der Waals surface area (Å²) in [5, 5.41) is 2.17. The summed E-state index contributed by atoms with van der Waals surface area (Å²) >= 11 is 0. The van der Waals surface area contributed by atoms with E-state index in [0.717, 1.165) is 61.7 Å². The molecule has 4 aromatic heterocycles. The number of fused-ring (bicyclic) bond motifs is 4. The number of halogens is 1. The third kappa shape index (κ3) is 6.76. The molecule has 51 heavy (non-hydrogen) atoms. The Morgan fingerprint density at radius 3 is 2.27 bits per heavy atom. The van der Waals surface area contributed by atoms with Crippen LogP contribution in [0.25, 0.3) is 61.3 Å². The van der Waals surface area contributed by atoms with Crippen LogP contribution in [0, 0.1) is 38.6 Å². The smallest absolute Gasteiger partial charge is 0.120 e. The number of rotatable bonds is 5. The van der Waals surface area contributed by atoms with Gasteiger partial charge in [-0.25, -0.2) is 0 Å². The number of imidazole rings is 1. The maximum Gasteiger partial charge on any atom is 0.120 e. The maximum absolute atomic E-state index is 13.8. The normalized spacial score (nSPS) is 12.5. The molecule has 7 heteroatoms. The fourth-order valence-corrected chi connectivity index (χ4v) is 6.44. The van der Waals surface area contributed by atoms with Gasteiger partial charge in [-0.3, -0.25) is 14.4 Å². The van der Waals surface area contributed by atoms with Crippen molar-refractivity contribution in [1.82, 2.24) is 19.5 Å². The van der Waals surface area contributed by atoms with Gasteiger partial charge in [0.05, 0.1) is 28.1 Å². The number of aromatic nitrogens is 4. The molecule has 0 fully saturated rings. The average Bonchev–Trinajstić information content (AvgIpc) is 3.71. The monoisotopic (exact) mass is 854 g/mol. The maximum atomic E-state index is 13.8. The molecule has 1 radical (unpaired) electrons. The van der Waals surface area contributed by atoms with Crippen molar-refractivity contribution >= 4 is 33.0 Å². The van der Waals surface area contributed by atoms with Gasteiger partial charge in [0.25, 0.3) is 0 Å². The predicted octanol–water partition coefficient (Wildman–Crippen LogP) is 11.6. The van der Waals surface area contributed by atoms with Crippen molar-refractivity contribution in [3.63, 3.8) is 0 Å². The van der Waals surface area contributed by atoms with Gasteiger partial charge in [-0.05, 0) is 60.2 Å². The second kappa shape index (κ2) is 14.7. The van der Waals surface area contributed by atoms with Crippen LogP contribution >= 0.6 is 0 Å². The molecule has 4 heterocycles. The first-order valence-electron chi connectivity index (χ1n) is 18.3. The topological polar surface area (TPSA) is 56.7 Å². The van der Waals surface area contributed by atoms with E-state index in [1.165, 1.54) is 22.9 Å². The van der Waals surface area contributed by atoms with Gasteiger partial charge in [-0.15, -0.1) is 42.0 Å². The molecule has 8 rings (SSSR count). The van der Waals surface area contributed by atoms with Crippen molar-refractivity contribution in [1.29, 1.82) is 0 Å². The molecule has 0 aliphatic rings. The molecule has 0 aliphatic carbocycles. The van der Waals surface area contributed by atoms with Crippen molar-refractivity contribution in [3.8, 4) is 28.3 Å². The van der Waals surface area contributed by atoms with Crippen molar-refractivity contribution < 1.29 is 33.0 Å². The van der Waals surface area contributed by atoms with Crippen molar-refractivity contribution in [3.05, 3.63) is 143 Å². The molecule has 4 aromatic carbocycles. The first-order chi connectivity index (χ1) is 25.3. The number of hydrogen-bond donors (Lipinski definition) is 0. The molecule has 0 atom stereocenters. The molecular formula is C44H39FIrN4O-2. The zero-order valence-corrected chi connectivity index (χ0v) is 31.7. The van der Waals surface area contributed by atoms with Crippen LogP contribution in [-0.4, -0.2) is 19.5 Å². The summed E-state index contributed by atoms with van der Waals surface area (Å²) in [7, 11) is 0. The predicted molar refractivity (Wildman–Crippen MR) is 201 cm³/mol. The van der Waals surface area contributed by atoms with E-state index in [1.54, 1.807) is 12.3 Å². The fraction of sp³-hybridized carbons (Fsp3) is 0.205. The molecular weight excluding hydrogens is 812 g/mol. The average molecular weight is 854 g/mol. The van der Waals surface area contributed by atoms with E-state index in [-0.39, 0.29) is 31.2 Å². The molecule has 0 aliphatic heterocycles. The number of nitrogens with zero attached hydrogens (tertiary/aromatic N) is 4. The molecule has 0 unspecified atom stereocenters. The van der Waals surface area contributed by atoms with Gasteiger partial charge in [0.2, 0.25) is 0 Å². The quantitative estimate of drug-likeness (QED) is 0.162. The molecule has 5 nitrogen and oxygen atoms in total. The van der Waals surface area contributed by atoms with E-state index in [0.29, 0.717) is 17.5 Å². The van der Waals surface area contributed by atoms with Gasteiger partial charge < -0.3 is 14.0 Å². The Labute approximate surface area is 316 Å². The Hall–Kier alpha value is -4.97. The van der Waals surface area contributed by atoms with Crippen LogP contribution in [0.3, 0.4) is 0 Å². The summed E-state index contributed by atoms with van der Waals surface area (Å²) in [6.07, 6.45) is 3.50. The minimum Gasteiger partial charge on any atom is -0.501 e. The third-order valence-corrected chi connectivity index (χ3v) is 8.95. The summed E-state index contributed by atoms with van der Waals surface area (Å²) < 4.78 is 44.2. The first-order valence-corrected chi connectivity index (χ1v) is 16.8. The van der Waals surface area contributed by atoms with Crippen molar-refractivity contribution in [2.24, 2.45) is 0 Å². The van der Waals surface area contributed by atoms with Gasteiger partial charge in [-0.2, -0.15) is 0 Å². The Balaban J connectivity index is 0.000000222. The Bertz CT molecular complexity index is 2580. The first kappa shape index (κ1) is 32.0. The zero-order valence-electron chi connectivity index (χ0n) is 32.3. The largest absolute Gasteiger partial charge is 0.501 e. The standard InChI is InChI=1S/C31H28N3O.C13H11FN.Ir/c1-18(2)21-11-8-12-22(19(3)4)29(21)34-26-16-17-32-20(5)28(26)33-31(34)25-14-9-13-24-23-10-6-7-15-27(23)35-30(24)25;1-9-3-5-11(12(14)7-9)13-6-4-10(2)8-15-13;/h6-13,15-19H,1-5H3;3-4,6-8H,1-2H3;/q2*-1;/i;1D3;. The molecule has 0 saturated heterocycles. The van der Waals surface area contributed by atoms with Gasteiger partial charge in [0.1, 0.15) is 5.58 Å². The second-order valence-electron chi connectivity index (χ2n) is 13.2. The molecule has 259 valence electrons. The number of furan rings is 1. The van der Waals surface area contributed by atoms with E-state index in [9.17, 15) is 4.39 Å². The fourth-order valence-electron chi connectivity index (χ4n) is 6.44. The molecule has 0 N–H and O–H groups in total. The van der Waals surface area contributed by atoms with Crippen LogP contribution in [0.4, 0.5) is 4.39 Å². The van der Waals surface area contributed by atoms with Crippen LogP contribution < -0.4 is 0 Å². The van der Waals surface area contributed by atoms with Crippen LogP contribution in [0.1, 0.15) is 71.6 Å². The zero-order chi connectivity index (χ0) is 37.6. The molecule has 0 amide bonds. The van der Waals surface area contributed by atoms with Crippen LogP contribution in [0.2, 0.25) is 0 Å². The van der Waals surface area contributed by atoms with E-state index < -0.39 is 12.7 Å². The molecule has 0 bridgehead atoms. The van der Waals surface area contributed by atoms with Crippen LogP contribution in [0.15, 0.2) is 102 Å². The van der Waals surface area contributed by atoms with Gasteiger partial charge >= 0.3 is 0 Å². The summed E-state index contributed by atoms with van der Waals surface area (Å²) in [6, 6.07) is 32.9. The Morgan fingerprint density at radius 2 is 1.59 bits per heavy atom. The molecule has 8 aromatic rings. The minimum atomic E-state index is -2.32. The van der Waals surface area contributed by atoms with E-state index in [1.807, 2.05) is 50.4 Å². The van der Waals surface area contributed by atoms with Gasteiger partial charge in [-0.1, -0.05) is 99.6 Å². The number of aryl methyl sites for hydroxylation is 3. The number of pyridine rings is 2. The van der Waals surface area contributed by atoms with Crippen LogP contribution in [-0.2, 0) is 20.1 Å². The minimum absolute atomic E-state index is 0. The SMILES string of the molecule is Cc1nccc2c1nc(-c1[c-]ccc3c1oc1ccccc13)n2-c1c(C(C)C)cccc1C(C)C.[2H]C([2H])([2H])c1c[c-]c(-c2ccc(C)cn2)c(F)c1.[Ir]. The number of para-hydroxylation sites is 2. The molecule has 0 saturated carbocycles. The van der Waals surface area contributed by atoms with Gasteiger partial charge in [0.15, 0.2) is 0 Å². The Kier molecular flexibility index (Phi) is 9.22. The van der Waals surface area contributed by atoms with Crippen LogP contribution in [0.5, 0.6) is 0 Å². The summed E-state index contributed by atoms with van der Waals surface area (Å²) in [6.45, 7) is 10.6. The van der Waals surface area contributed by atoms with E-state index in [4.69, 9.17) is 13.5 Å². The number of hydrogen-bond acceptors (Lipinski definition) is 4. The van der Waals surface area contributed by atoms with Crippen molar-refractivity contribution in [2.45, 2.75) is 60.2 Å². The van der Waals surface area contributed by atoms with E-state index >= 15 is 0 Å². The number of benzene rings is 4. The second-order valence-corrected chi connectivity index (χ2v) is 13.2. The summed E-state index contributed by atoms with van der Waals surface area (Å²) in [5.74, 6) is 0.904. The molecule has 0 spiro atoms. The Morgan fingerprint density at radius 1 is 0.824 bits per heavy atom.